The Bertz CT molecular complexity index is 3060. The number of carbonyl (C=O) groups excluding carboxylic acids is 2. The number of nitrogens with one attached hydrogen (secondary N) is 3. The van der Waals surface area contributed by atoms with Crippen LogP contribution in [0.3, 0.4) is 0 Å². The van der Waals surface area contributed by atoms with Crippen LogP contribution in [0.2, 0.25) is 0 Å². The van der Waals surface area contributed by atoms with Gasteiger partial charge in [0.1, 0.15) is 0 Å². The number of Topliss-reactive ketones (excluding diaryl/α,β-unsaturated/α-hetero) is 2. The number of fused-ring (bicyclic) bond motifs is 3. The number of ketones is 2. The summed E-state index contributed by atoms with van der Waals surface area (Å²) < 4.78 is 0. The van der Waals surface area contributed by atoms with E-state index in [4.69, 9.17) is 5.73 Å². The molecule has 0 amide bonds. The summed E-state index contributed by atoms with van der Waals surface area (Å²) in [6, 6.07) is 5.58. The van der Waals surface area contributed by atoms with E-state index >= 15 is 0 Å². The van der Waals surface area contributed by atoms with Crippen molar-refractivity contribution in [2.45, 2.75) is 157 Å². The number of nitrogens with two attached hydrogens (primary N) is 1. The summed E-state index contributed by atoms with van der Waals surface area (Å²) in [5.74, 6) is -3.21. The molecule has 366 valence electrons. The van der Waals surface area contributed by atoms with E-state index in [1.165, 1.54) is 0 Å². The maximum absolute atomic E-state index is 14.2. The highest BCUT2D eigenvalue weighted by atomic mass is 16.3. The lowest BCUT2D eigenvalue weighted by molar-refractivity contribution is -0.130. The molecule has 0 unspecified atom stereocenters. The summed E-state index contributed by atoms with van der Waals surface area (Å²) in [4.78, 5) is 34.6. The quantitative estimate of drug-likeness (QED) is 0.0306. The van der Waals surface area contributed by atoms with Crippen LogP contribution < -0.4 is 21.6 Å². The molecule has 2 aromatic heterocycles. The van der Waals surface area contributed by atoms with Gasteiger partial charge in [0.05, 0.1) is 10.9 Å². The van der Waals surface area contributed by atoms with Crippen molar-refractivity contribution in [2.75, 3.05) is 18.4 Å². The van der Waals surface area contributed by atoms with Crippen LogP contribution in [0.25, 0.3) is 22.0 Å². The fourth-order valence-electron chi connectivity index (χ4n) is 11.9. The van der Waals surface area contributed by atoms with Crippen LogP contribution in [0.5, 0.6) is 34.5 Å². The van der Waals surface area contributed by atoms with Gasteiger partial charge in [0, 0.05) is 112 Å². The molecule has 12 nitrogen and oxygen atoms in total. The van der Waals surface area contributed by atoms with Crippen molar-refractivity contribution in [3.8, 4) is 34.5 Å². The van der Waals surface area contributed by atoms with E-state index < -0.39 is 44.1 Å². The maximum atomic E-state index is 14.2. The number of phenols is 6. The van der Waals surface area contributed by atoms with Gasteiger partial charge in [0.25, 0.3) is 0 Å². The number of hydrogen-bond donors (Lipinski definition) is 10. The number of anilines is 1. The van der Waals surface area contributed by atoms with E-state index in [1.807, 2.05) is 129 Å². The van der Waals surface area contributed by atoms with Gasteiger partial charge in [-0.05, 0) is 54.5 Å². The van der Waals surface area contributed by atoms with Crippen LogP contribution >= 0.6 is 0 Å². The minimum atomic E-state index is -1.09. The third-order valence-corrected chi connectivity index (χ3v) is 17.6. The third kappa shape index (κ3) is 6.62. The first-order valence-electron chi connectivity index (χ1n) is 24.0. The predicted octanol–water partition coefficient (Wildman–Crippen LogP) is 8.95. The zero-order valence-electron chi connectivity index (χ0n) is 42.9. The molecule has 0 saturated carbocycles. The van der Waals surface area contributed by atoms with Crippen LogP contribution in [-0.2, 0) is 49.5 Å². The molecule has 1 aliphatic heterocycles. The molecule has 0 spiro atoms. The van der Waals surface area contributed by atoms with Crippen molar-refractivity contribution in [3.05, 3.63) is 85.7 Å². The van der Waals surface area contributed by atoms with Gasteiger partial charge in [-0.25, -0.2) is 0 Å². The van der Waals surface area contributed by atoms with Crippen molar-refractivity contribution in [3.63, 3.8) is 0 Å². The third-order valence-electron chi connectivity index (χ3n) is 17.6. The monoisotopic (exact) mass is 931 g/mol. The smallest absolute Gasteiger partial charge is 0.231 e. The first kappa shape index (κ1) is 50.0. The van der Waals surface area contributed by atoms with Gasteiger partial charge in [-0.3, -0.25) is 9.59 Å². The first-order valence-corrected chi connectivity index (χ1v) is 24.0. The van der Waals surface area contributed by atoms with Gasteiger partial charge in [0.2, 0.25) is 11.6 Å². The molecule has 0 fully saturated rings. The Hall–Kier alpha value is -5.88. The number of rotatable bonds is 13. The Morgan fingerprint density at radius 1 is 0.603 bits per heavy atom. The average Bonchev–Trinajstić information content (AvgIpc) is 4.01. The van der Waals surface area contributed by atoms with E-state index in [9.17, 15) is 40.2 Å². The topological polar surface area (TPSA) is 225 Å². The van der Waals surface area contributed by atoms with E-state index in [-0.39, 0.29) is 46.3 Å². The van der Waals surface area contributed by atoms with Crippen LogP contribution in [0, 0.1) is 11.3 Å². The second kappa shape index (κ2) is 16.1. The lowest BCUT2D eigenvalue weighted by atomic mass is 9.56. The predicted molar refractivity (Wildman–Crippen MR) is 271 cm³/mol. The SMILES string of the molecule is CC(C)C1=c2[nH]ccc2=C(C(C)(C)C(C)(C)c2c(O)c(O)c(C(C)(C)C(C)(C)c3c(O)c(O)c(C(C)(C)C(C)(C)c4cc(CCN)c(C(C)C)c(O)c4O)c4c3NCC4)c3cc[nH]c23)C(=O)C1=O. The van der Waals surface area contributed by atoms with E-state index in [0.29, 0.717) is 97.6 Å². The number of carbonyl (C=O) groups is 2. The highest BCUT2D eigenvalue weighted by molar-refractivity contribution is 6.63. The molecule has 1 aliphatic carbocycles. The van der Waals surface area contributed by atoms with Gasteiger partial charge < -0.3 is 51.7 Å². The molecule has 3 heterocycles. The molecular formula is C56H74N4O8. The van der Waals surface area contributed by atoms with Crippen molar-refractivity contribution in [2.24, 2.45) is 17.1 Å². The molecule has 3 aromatic carbocycles. The molecule has 2 aliphatic rings. The van der Waals surface area contributed by atoms with Crippen molar-refractivity contribution < 1.29 is 40.2 Å². The molecule has 0 saturated heterocycles. The van der Waals surface area contributed by atoms with E-state index in [0.717, 1.165) is 11.1 Å². The molecule has 68 heavy (non-hydrogen) atoms. The number of benzene rings is 3. The van der Waals surface area contributed by atoms with E-state index in [2.05, 4.69) is 15.3 Å². The fraction of sp³-hybridized carbons (Fsp3) is 0.500. The lowest BCUT2D eigenvalue weighted by Crippen LogP contribution is -2.50. The highest BCUT2D eigenvalue weighted by Gasteiger charge is 2.54. The molecule has 0 radical (unpaired) electrons. The Balaban J connectivity index is 1.40. The average molecular weight is 931 g/mol. The van der Waals surface area contributed by atoms with Gasteiger partial charge in [-0.15, -0.1) is 0 Å². The van der Waals surface area contributed by atoms with Gasteiger partial charge in [-0.1, -0.05) is 117 Å². The van der Waals surface area contributed by atoms with Crippen LogP contribution in [0.15, 0.2) is 30.6 Å². The second-order valence-corrected chi connectivity index (χ2v) is 23.2. The largest absolute Gasteiger partial charge is 0.504 e. The van der Waals surface area contributed by atoms with Crippen LogP contribution in [0.4, 0.5) is 5.69 Å². The van der Waals surface area contributed by atoms with Gasteiger partial charge in [-0.2, -0.15) is 0 Å². The zero-order chi connectivity index (χ0) is 50.9. The molecule has 0 bridgehead atoms. The Morgan fingerprint density at radius 2 is 1.13 bits per heavy atom. The minimum Gasteiger partial charge on any atom is -0.504 e. The number of aromatic amines is 2. The number of H-pyrrole nitrogens is 2. The van der Waals surface area contributed by atoms with Crippen molar-refractivity contribution in [1.29, 1.82) is 0 Å². The summed E-state index contributed by atoms with van der Waals surface area (Å²) in [5.41, 5.74) is 6.23. The molecule has 7 rings (SSSR count). The number of aromatic nitrogens is 2. The summed E-state index contributed by atoms with van der Waals surface area (Å²) in [6.07, 6.45) is 4.49. The normalized spacial score (nSPS) is 15.3. The Kier molecular flexibility index (Phi) is 11.8. The van der Waals surface area contributed by atoms with E-state index in [1.54, 1.807) is 12.4 Å². The van der Waals surface area contributed by atoms with Gasteiger partial charge in [0.15, 0.2) is 34.5 Å². The molecule has 0 atom stereocenters. The summed E-state index contributed by atoms with van der Waals surface area (Å²) >= 11 is 0. The summed E-state index contributed by atoms with van der Waals surface area (Å²) in [6.45, 7) is 31.8. The van der Waals surface area contributed by atoms with Crippen molar-refractivity contribution in [1.82, 2.24) is 9.97 Å². The number of phenolic OH excluding ortho intramolecular Hbond substituents is 6. The molecule has 5 aromatic rings. The standard InChI is InChI=1S/C56H74N4O8/c1-26(2)33-28(17-21-57)25-32(43(61)44(33)62)51(5,6)52(7,8)36-30-19-23-59-41(30)38(49(67)47(36)65)56(15,16)54(11,12)37-31-20-24-60-42(31)39(50(68)48(37)66)55(13,14)53(9,10)35-29-18-22-58-40(29)34(27(3)4)45(63)46(35)64/h18,20,22,24-27,58-62,65-68H,17,19,21,23,57H2,1-16H3. The summed E-state index contributed by atoms with van der Waals surface area (Å²) in [7, 11) is 0. The van der Waals surface area contributed by atoms with Crippen LogP contribution in [-0.4, -0.2) is 65.3 Å². The molecular weight excluding hydrogens is 857 g/mol. The first-order chi connectivity index (χ1) is 31.3. The number of hydrogen-bond acceptors (Lipinski definition) is 10. The molecule has 11 N–H and O–H groups in total. The van der Waals surface area contributed by atoms with Crippen LogP contribution in [0.1, 0.15) is 161 Å². The summed E-state index contributed by atoms with van der Waals surface area (Å²) in [5, 5.41) is 78.6. The minimum absolute atomic E-state index is 0.0732. The highest BCUT2D eigenvalue weighted by Crippen LogP contribution is 2.63. The number of aromatic hydroxyl groups is 6. The van der Waals surface area contributed by atoms with Gasteiger partial charge >= 0.3 is 0 Å². The lowest BCUT2D eigenvalue weighted by Gasteiger charge is -2.47. The Morgan fingerprint density at radius 3 is 1.72 bits per heavy atom. The maximum Gasteiger partial charge on any atom is 0.231 e. The second-order valence-electron chi connectivity index (χ2n) is 23.2. The van der Waals surface area contributed by atoms with Crippen molar-refractivity contribution >= 4 is 39.3 Å². The molecule has 12 heteroatoms. The zero-order valence-corrected chi connectivity index (χ0v) is 42.9. The fourth-order valence-corrected chi connectivity index (χ4v) is 11.9. The Labute approximate surface area is 400 Å².